The van der Waals surface area contributed by atoms with Gasteiger partial charge in [0.15, 0.2) is 5.89 Å². The third-order valence-electron chi connectivity index (χ3n) is 2.87. The molecule has 84 valence electrons. The maximum Gasteiger partial charge on any atom is 0.191 e. The number of halogens is 1. The number of alkyl halides is 1. The van der Waals surface area contributed by atoms with Crippen molar-refractivity contribution in [3.8, 4) is 0 Å². The minimum atomic E-state index is -0.200. The van der Waals surface area contributed by atoms with Gasteiger partial charge in [0.2, 0.25) is 0 Å². The Hall–Kier alpha value is -0.900. The van der Waals surface area contributed by atoms with E-state index >= 15 is 0 Å². The number of hydrogen-bond acceptors (Lipinski definition) is 3. The fourth-order valence-electron chi connectivity index (χ4n) is 2.13. The molecule has 1 saturated heterocycles. The van der Waals surface area contributed by atoms with Crippen molar-refractivity contribution < 1.29 is 8.81 Å². The zero-order valence-electron chi connectivity index (χ0n) is 9.08. The maximum atomic E-state index is 12.5. The monoisotopic (exact) mass is 212 g/mol. The van der Waals surface area contributed by atoms with Crippen molar-refractivity contribution >= 4 is 0 Å². The topological polar surface area (TPSA) is 29.3 Å². The summed E-state index contributed by atoms with van der Waals surface area (Å²) in [6.45, 7) is 4.32. The molecule has 0 aliphatic carbocycles. The molecule has 4 heteroatoms. The van der Waals surface area contributed by atoms with Crippen molar-refractivity contribution in [2.45, 2.75) is 26.3 Å². The molecule has 0 saturated carbocycles. The van der Waals surface area contributed by atoms with Crippen LogP contribution in [0.3, 0.4) is 0 Å². The van der Waals surface area contributed by atoms with E-state index in [9.17, 15) is 4.39 Å². The van der Waals surface area contributed by atoms with Gasteiger partial charge >= 0.3 is 0 Å². The molecular formula is C11H17FN2O. The Morgan fingerprint density at radius 1 is 1.67 bits per heavy atom. The highest BCUT2D eigenvalue weighted by Gasteiger charge is 2.20. The smallest absolute Gasteiger partial charge is 0.191 e. The number of piperidine rings is 1. The molecule has 1 fully saturated rings. The summed E-state index contributed by atoms with van der Waals surface area (Å²) >= 11 is 0. The molecule has 0 spiro atoms. The van der Waals surface area contributed by atoms with Gasteiger partial charge in [0.05, 0.1) is 12.4 Å². The number of nitrogens with zero attached hydrogens (tertiary/aromatic N) is 2. The highest BCUT2D eigenvalue weighted by Crippen LogP contribution is 2.18. The standard InChI is InChI=1S/C11H17FN2O/c1-9-13-11(8-15-9)7-14-4-2-3-10(5-12)6-14/h8,10H,2-7H2,1H3. The first-order valence-electron chi connectivity index (χ1n) is 5.47. The Morgan fingerprint density at radius 3 is 3.20 bits per heavy atom. The molecule has 2 rings (SSSR count). The van der Waals surface area contributed by atoms with E-state index < -0.39 is 0 Å². The first kappa shape index (κ1) is 10.6. The molecule has 1 aliphatic rings. The van der Waals surface area contributed by atoms with Gasteiger partial charge in [0.1, 0.15) is 6.26 Å². The summed E-state index contributed by atoms with van der Waals surface area (Å²) < 4.78 is 17.7. The lowest BCUT2D eigenvalue weighted by Crippen LogP contribution is -2.35. The highest BCUT2D eigenvalue weighted by atomic mass is 19.1. The molecule has 0 bridgehead atoms. The summed E-state index contributed by atoms with van der Waals surface area (Å²) in [7, 11) is 0. The van der Waals surface area contributed by atoms with E-state index in [1.54, 1.807) is 6.26 Å². The van der Waals surface area contributed by atoms with Crippen LogP contribution in [0.15, 0.2) is 10.7 Å². The molecule has 0 aromatic carbocycles. The molecule has 2 heterocycles. The normalized spacial score (nSPS) is 23.2. The Morgan fingerprint density at radius 2 is 2.53 bits per heavy atom. The largest absolute Gasteiger partial charge is 0.449 e. The SMILES string of the molecule is Cc1nc(CN2CCCC(CF)C2)co1. The van der Waals surface area contributed by atoms with Crippen LogP contribution in [-0.2, 0) is 6.54 Å². The summed E-state index contributed by atoms with van der Waals surface area (Å²) in [6.07, 6.45) is 3.80. The van der Waals surface area contributed by atoms with Crippen molar-refractivity contribution in [2.24, 2.45) is 5.92 Å². The van der Waals surface area contributed by atoms with Crippen LogP contribution in [-0.4, -0.2) is 29.6 Å². The fourth-order valence-corrected chi connectivity index (χ4v) is 2.13. The Bertz CT molecular complexity index is 313. The molecular weight excluding hydrogens is 195 g/mol. The third-order valence-corrected chi connectivity index (χ3v) is 2.87. The van der Waals surface area contributed by atoms with Crippen LogP contribution < -0.4 is 0 Å². The molecule has 0 N–H and O–H groups in total. The van der Waals surface area contributed by atoms with Gasteiger partial charge in [-0.2, -0.15) is 0 Å². The van der Waals surface area contributed by atoms with E-state index in [4.69, 9.17) is 4.42 Å². The number of oxazole rings is 1. The van der Waals surface area contributed by atoms with E-state index in [0.717, 1.165) is 38.2 Å². The van der Waals surface area contributed by atoms with Crippen LogP contribution in [0, 0.1) is 12.8 Å². The van der Waals surface area contributed by atoms with Crippen molar-refractivity contribution in [1.82, 2.24) is 9.88 Å². The minimum Gasteiger partial charge on any atom is -0.449 e. The Balaban J connectivity index is 1.88. The average Bonchev–Trinajstić information content (AvgIpc) is 2.64. The van der Waals surface area contributed by atoms with E-state index in [-0.39, 0.29) is 12.6 Å². The van der Waals surface area contributed by atoms with E-state index in [0.29, 0.717) is 5.89 Å². The van der Waals surface area contributed by atoms with Crippen LogP contribution >= 0.6 is 0 Å². The number of rotatable bonds is 3. The lowest BCUT2D eigenvalue weighted by molar-refractivity contribution is 0.146. The first-order valence-corrected chi connectivity index (χ1v) is 5.47. The van der Waals surface area contributed by atoms with Crippen molar-refractivity contribution in [2.75, 3.05) is 19.8 Å². The van der Waals surface area contributed by atoms with Crippen LogP contribution in [0.2, 0.25) is 0 Å². The molecule has 3 nitrogen and oxygen atoms in total. The third kappa shape index (κ3) is 2.78. The summed E-state index contributed by atoms with van der Waals surface area (Å²) in [6, 6.07) is 0. The number of likely N-dealkylation sites (tertiary alicyclic amines) is 1. The quantitative estimate of drug-likeness (QED) is 0.769. The van der Waals surface area contributed by atoms with Gasteiger partial charge in [-0.1, -0.05) is 0 Å². The average molecular weight is 212 g/mol. The van der Waals surface area contributed by atoms with Gasteiger partial charge in [0.25, 0.3) is 0 Å². The van der Waals surface area contributed by atoms with E-state index in [1.807, 2.05) is 6.92 Å². The zero-order valence-corrected chi connectivity index (χ0v) is 9.08. The predicted molar refractivity (Wildman–Crippen MR) is 55.2 cm³/mol. The summed E-state index contributed by atoms with van der Waals surface area (Å²) in [4.78, 5) is 6.51. The lowest BCUT2D eigenvalue weighted by Gasteiger charge is -2.30. The Labute approximate surface area is 89.3 Å². The van der Waals surface area contributed by atoms with Crippen LogP contribution in [0.4, 0.5) is 4.39 Å². The van der Waals surface area contributed by atoms with Crippen LogP contribution in [0.5, 0.6) is 0 Å². The fraction of sp³-hybridized carbons (Fsp3) is 0.727. The predicted octanol–water partition coefficient (Wildman–Crippen LogP) is 2.16. The van der Waals surface area contributed by atoms with Gasteiger partial charge < -0.3 is 4.42 Å². The summed E-state index contributed by atoms with van der Waals surface area (Å²) in [5.74, 6) is 0.913. The lowest BCUT2D eigenvalue weighted by atomic mass is 9.99. The summed E-state index contributed by atoms with van der Waals surface area (Å²) in [5, 5.41) is 0. The summed E-state index contributed by atoms with van der Waals surface area (Å²) in [5.41, 5.74) is 0.951. The number of hydrogen-bond donors (Lipinski definition) is 0. The van der Waals surface area contributed by atoms with Gasteiger partial charge in [-0.3, -0.25) is 9.29 Å². The van der Waals surface area contributed by atoms with Gasteiger partial charge in [-0.05, 0) is 19.4 Å². The molecule has 1 unspecified atom stereocenters. The van der Waals surface area contributed by atoms with Gasteiger partial charge in [-0.25, -0.2) is 4.98 Å². The zero-order chi connectivity index (χ0) is 10.7. The van der Waals surface area contributed by atoms with E-state index in [1.165, 1.54) is 0 Å². The van der Waals surface area contributed by atoms with Gasteiger partial charge in [-0.15, -0.1) is 0 Å². The van der Waals surface area contributed by atoms with Gasteiger partial charge in [0, 0.05) is 25.9 Å². The molecule has 1 aromatic rings. The van der Waals surface area contributed by atoms with Crippen LogP contribution in [0.1, 0.15) is 24.4 Å². The number of aryl methyl sites for hydroxylation is 1. The van der Waals surface area contributed by atoms with Crippen LogP contribution in [0.25, 0.3) is 0 Å². The second-order valence-corrected chi connectivity index (χ2v) is 4.26. The molecule has 0 radical (unpaired) electrons. The second-order valence-electron chi connectivity index (χ2n) is 4.26. The van der Waals surface area contributed by atoms with Crippen molar-refractivity contribution in [3.05, 3.63) is 17.8 Å². The molecule has 1 atom stereocenters. The Kier molecular flexibility index (Phi) is 3.36. The van der Waals surface area contributed by atoms with E-state index in [2.05, 4.69) is 9.88 Å². The second kappa shape index (κ2) is 4.75. The molecule has 1 aliphatic heterocycles. The number of aromatic nitrogens is 1. The highest BCUT2D eigenvalue weighted by molar-refractivity contribution is 4.95. The molecule has 0 amide bonds. The first-order chi connectivity index (χ1) is 7.28. The molecule has 1 aromatic heterocycles. The van der Waals surface area contributed by atoms with Crippen molar-refractivity contribution in [1.29, 1.82) is 0 Å². The molecule has 15 heavy (non-hydrogen) atoms. The maximum absolute atomic E-state index is 12.5. The minimum absolute atomic E-state index is 0.200. The van der Waals surface area contributed by atoms with Crippen molar-refractivity contribution in [3.63, 3.8) is 0 Å².